The van der Waals surface area contributed by atoms with Crippen molar-refractivity contribution in [2.75, 3.05) is 0 Å². The summed E-state index contributed by atoms with van der Waals surface area (Å²) in [6.45, 7) is -0.603. The zero-order valence-electron chi connectivity index (χ0n) is 15.1. The summed E-state index contributed by atoms with van der Waals surface area (Å²) in [4.78, 5) is 16.6. The maximum Gasteiger partial charge on any atom is 0.350 e. The number of hydrogen-bond donors (Lipinski definition) is 1. The van der Waals surface area contributed by atoms with Gasteiger partial charge in [0.25, 0.3) is 0 Å². The van der Waals surface area contributed by atoms with Crippen LogP contribution in [0.2, 0.25) is 0 Å². The molecular weight excluding hydrogens is 382 g/mol. The van der Waals surface area contributed by atoms with Gasteiger partial charge in [0.05, 0.1) is 18.8 Å². The van der Waals surface area contributed by atoms with Gasteiger partial charge in [0.2, 0.25) is 0 Å². The van der Waals surface area contributed by atoms with Crippen molar-refractivity contribution < 1.29 is 13.9 Å². The zero-order valence-corrected chi connectivity index (χ0v) is 15.1. The molecule has 1 atom stereocenters. The maximum atomic E-state index is 14.5. The SMILES string of the molecule is O=c1n(-c2ccccc2)cnn1CC(O)(Cn1cncn1)c1ccc(F)cc1F. The fraction of sp³-hybridized carbons (Fsp3) is 0.158. The van der Waals surface area contributed by atoms with E-state index in [1.54, 1.807) is 24.3 Å². The molecule has 2 aromatic carbocycles. The molecular formula is C19H16F2N6O2. The molecule has 4 aromatic rings. The topological polar surface area (TPSA) is 90.8 Å². The Morgan fingerprint density at radius 2 is 1.79 bits per heavy atom. The highest BCUT2D eigenvalue weighted by Gasteiger charge is 2.35. The van der Waals surface area contributed by atoms with Crippen molar-refractivity contribution in [1.29, 1.82) is 0 Å². The van der Waals surface area contributed by atoms with Crippen LogP contribution in [-0.4, -0.2) is 34.2 Å². The smallest absolute Gasteiger partial charge is 0.350 e. The van der Waals surface area contributed by atoms with Gasteiger partial charge in [-0.25, -0.2) is 32.5 Å². The quantitative estimate of drug-likeness (QED) is 0.532. The fourth-order valence-electron chi connectivity index (χ4n) is 3.13. The Kier molecular flexibility index (Phi) is 4.77. The molecule has 8 nitrogen and oxygen atoms in total. The molecule has 2 aromatic heterocycles. The van der Waals surface area contributed by atoms with E-state index in [9.17, 15) is 18.7 Å². The number of benzene rings is 2. The first-order valence-electron chi connectivity index (χ1n) is 8.66. The Bertz CT molecular complexity index is 1170. The number of aromatic nitrogens is 6. The van der Waals surface area contributed by atoms with Gasteiger partial charge in [-0.05, 0) is 18.2 Å². The van der Waals surface area contributed by atoms with Crippen molar-refractivity contribution in [2.45, 2.75) is 18.7 Å². The lowest BCUT2D eigenvalue weighted by Crippen LogP contribution is -2.41. The second kappa shape index (κ2) is 7.40. The second-order valence-corrected chi connectivity index (χ2v) is 6.53. The Hall–Kier alpha value is -3.66. The van der Waals surface area contributed by atoms with E-state index < -0.39 is 22.9 Å². The van der Waals surface area contributed by atoms with Crippen LogP contribution >= 0.6 is 0 Å². The summed E-state index contributed by atoms with van der Waals surface area (Å²) in [6.07, 6.45) is 3.92. The van der Waals surface area contributed by atoms with Crippen LogP contribution in [0.25, 0.3) is 5.69 Å². The highest BCUT2D eigenvalue weighted by atomic mass is 19.1. The molecule has 0 bridgehead atoms. The highest BCUT2D eigenvalue weighted by Crippen LogP contribution is 2.28. The molecule has 0 amide bonds. The minimum absolute atomic E-state index is 0.185. The van der Waals surface area contributed by atoms with Crippen LogP contribution in [0.5, 0.6) is 0 Å². The molecule has 0 fully saturated rings. The molecule has 4 rings (SSSR count). The van der Waals surface area contributed by atoms with Gasteiger partial charge in [0, 0.05) is 11.6 Å². The molecule has 0 aliphatic rings. The molecule has 148 valence electrons. The van der Waals surface area contributed by atoms with Gasteiger partial charge in [0.15, 0.2) is 0 Å². The Morgan fingerprint density at radius 1 is 1.00 bits per heavy atom. The summed E-state index contributed by atoms with van der Waals surface area (Å²) in [5.74, 6) is -1.72. The summed E-state index contributed by atoms with van der Waals surface area (Å²) in [5.41, 5.74) is -2.05. The lowest BCUT2D eigenvalue weighted by atomic mass is 9.93. The van der Waals surface area contributed by atoms with E-state index in [1.807, 2.05) is 6.07 Å². The van der Waals surface area contributed by atoms with Crippen LogP contribution in [0, 0.1) is 11.6 Å². The summed E-state index contributed by atoms with van der Waals surface area (Å²) in [7, 11) is 0. The summed E-state index contributed by atoms with van der Waals surface area (Å²) in [6, 6.07) is 11.7. The predicted molar refractivity (Wildman–Crippen MR) is 98.1 cm³/mol. The lowest BCUT2D eigenvalue weighted by molar-refractivity contribution is -0.00948. The van der Waals surface area contributed by atoms with Gasteiger partial charge in [-0.2, -0.15) is 10.2 Å². The van der Waals surface area contributed by atoms with E-state index in [2.05, 4.69) is 15.2 Å². The van der Waals surface area contributed by atoms with Gasteiger partial charge in [-0.3, -0.25) is 0 Å². The Morgan fingerprint density at radius 3 is 2.48 bits per heavy atom. The van der Waals surface area contributed by atoms with Gasteiger partial charge in [-0.1, -0.05) is 24.3 Å². The van der Waals surface area contributed by atoms with Crippen molar-refractivity contribution in [1.82, 2.24) is 29.1 Å². The van der Waals surface area contributed by atoms with E-state index in [0.717, 1.165) is 16.8 Å². The van der Waals surface area contributed by atoms with Gasteiger partial charge in [0.1, 0.15) is 36.2 Å². The number of aliphatic hydroxyl groups is 1. The van der Waals surface area contributed by atoms with E-state index >= 15 is 0 Å². The molecule has 0 radical (unpaired) electrons. The minimum Gasteiger partial charge on any atom is -0.381 e. The molecule has 0 aliphatic heterocycles. The molecule has 2 heterocycles. The van der Waals surface area contributed by atoms with E-state index in [4.69, 9.17) is 0 Å². The van der Waals surface area contributed by atoms with Crippen molar-refractivity contribution in [3.63, 3.8) is 0 Å². The zero-order chi connectivity index (χ0) is 20.4. The molecule has 1 unspecified atom stereocenters. The molecule has 1 N–H and O–H groups in total. The van der Waals surface area contributed by atoms with Gasteiger partial charge in [-0.15, -0.1) is 0 Å². The number of nitrogens with zero attached hydrogens (tertiary/aromatic N) is 6. The summed E-state index contributed by atoms with van der Waals surface area (Å²) < 4.78 is 31.5. The third-order valence-electron chi connectivity index (χ3n) is 4.50. The van der Waals surface area contributed by atoms with E-state index in [0.29, 0.717) is 11.8 Å². The molecule has 10 heteroatoms. The van der Waals surface area contributed by atoms with Crippen LogP contribution in [0.1, 0.15) is 5.56 Å². The lowest BCUT2D eigenvalue weighted by Gasteiger charge is -2.28. The number of halogens is 2. The number of hydrogen-bond acceptors (Lipinski definition) is 5. The average molecular weight is 398 g/mol. The van der Waals surface area contributed by atoms with Crippen molar-refractivity contribution in [3.05, 3.63) is 95.2 Å². The predicted octanol–water partition coefficient (Wildman–Crippen LogP) is 1.49. The largest absolute Gasteiger partial charge is 0.381 e. The standard InChI is InChI=1S/C19H16F2N6O2/c20-14-6-7-16(17(21)8-14)19(29,9-25-12-22-11-23-25)10-27-18(28)26(13-24-27)15-4-2-1-3-5-15/h1-8,11-13,29H,9-10H2. The van der Waals surface area contributed by atoms with Crippen LogP contribution in [0.15, 0.2) is 72.3 Å². The molecule has 0 aliphatic carbocycles. The van der Waals surface area contributed by atoms with Crippen LogP contribution in [-0.2, 0) is 18.7 Å². The first kappa shape index (κ1) is 18.7. The van der Waals surface area contributed by atoms with E-state index in [1.165, 1.54) is 28.2 Å². The summed E-state index contributed by atoms with van der Waals surface area (Å²) in [5, 5.41) is 19.3. The Balaban J connectivity index is 1.75. The first-order valence-corrected chi connectivity index (χ1v) is 8.66. The third kappa shape index (κ3) is 3.69. The summed E-state index contributed by atoms with van der Waals surface area (Å²) >= 11 is 0. The van der Waals surface area contributed by atoms with Crippen molar-refractivity contribution >= 4 is 0 Å². The maximum absolute atomic E-state index is 14.5. The highest BCUT2D eigenvalue weighted by molar-refractivity contribution is 5.30. The fourth-order valence-corrected chi connectivity index (χ4v) is 3.13. The number of rotatable bonds is 6. The minimum atomic E-state index is -1.94. The third-order valence-corrected chi connectivity index (χ3v) is 4.50. The van der Waals surface area contributed by atoms with Crippen molar-refractivity contribution in [3.8, 4) is 5.69 Å². The van der Waals surface area contributed by atoms with Crippen LogP contribution in [0.4, 0.5) is 8.78 Å². The van der Waals surface area contributed by atoms with Crippen LogP contribution < -0.4 is 5.69 Å². The molecule has 0 spiro atoms. The van der Waals surface area contributed by atoms with Gasteiger partial charge >= 0.3 is 5.69 Å². The van der Waals surface area contributed by atoms with E-state index in [-0.39, 0.29) is 18.7 Å². The Labute approximate surface area is 163 Å². The van der Waals surface area contributed by atoms with Gasteiger partial charge < -0.3 is 5.11 Å². The molecule has 0 saturated carbocycles. The van der Waals surface area contributed by atoms with Crippen molar-refractivity contribution in [2.24, 2.45) is 0 Å². The molecule has 0 saturated heterocycles. The van der Waals surface area contributed by atoms with Crippen LogP contribution in [0.3, 0.4) is 0 Å². The monoisotopic (exact) mass is 398 g/mol. The normalized spacial score (nSPS) is 13.3. The number of para-hydroxylation sites is 1. The first-order chi connectivity index (χ1) is 14.0. The molecule has 29 heavy (non-hydrogen) atoms. The second-order valence-electron chi connectivity index (χ2n) is 6.53. The average Bonchev–Trinajstić information content (AvgIpc) is 3.32.